The van der Waals surface area contributed by atoms with Crippen LogP contribution in [0.15, 0.2) is 0 Å². The molecule has 0 radical (unpaired) electrons. The highest BCUT2D eigenvalue weighted by Gasteiger charge is 2.32. The molecule has 3 N–H and O–H groups in total. The van der Waals surface area contributed by atoms with Gasteiger partial charge in [-0.25, -0.2) is 0 Å². The van der Waals surface area contributed by atoms with E-state index in [1.807, 2.05) is 0 Å². The van der Waals surface area contributed by atoms with Crippen LogP contribution >= 0.6 is 12.6 Å². The van der Waals surface area contributed by atoms with Gasteiger partial charge < -0.3 is 15.3 Å². The molecule has 2 atom stereocenters. The van der Waals surface area contributed by atoms with E-state index in [1.165, 1.54) is 0 Å². The van der Waals surface area contributed by atoms with Crippen LogP contribution in [0.2, 0.25) is 0 Å². The number of thiol groups is 1. The first-order valence-corrected chi connectivity index (χ1v) is 3.73. The van der Waals surface area contributed by atoms with Gasteiger partial charge in [0.25, 0.3) is 0 Å². The summed E-state index contributed by atoms with van der Waals surface area (Å²) in [6.07, 6.45) is -0.754. The van der Waals surface area contributed by atoms with Crippen LogP contribution in [0.4, 0.5) is 0 Å². The normalized spacial score (nSPS) is 14.5. The number of hydrogen-bond donors (Lipinski definition) is 4. The Labute approximate surface area is 78.6 Å². The van der Waals surface area contributed by atoms with Crippen LogP contribution in [0, 0.1) is 5.92 Å². The van der Waals surface area contributed by atoms with Crippen LogP contribution in [0.5, 0.6) is 0 Å². The van der Waals surface area contributed by atoms with E-state index in [1.54, 1.807) is 0 Å². The van der Waals surface area contributed by atoms with E-state index >= 15 is 0 Å². The zero-order chi connectivity index (χ0) is 10.6. The van der Waals surface area contributed by atoms with E-state index in [4.69, 9.17) is 15.3 Å². The minimum absolute atomic E-state index is 0.754. The molecule has 0 saturated heterocycles. The molecule has 0 aromatic heterocycles. The Kier molecular flexibility index (Phi) is 4.26. The van der Waals surface area contributed by atoms with Gasteiger partial charge in [0.1, 0.15) is 5.25 Å². The highest BCUT2D eigenvalue weighted by molar-refractivity contribution is 7.81. The molecule has 0 aliphatic heterocycles. The fraction of sp³-hybridized carbons (Fsp3) is 0.500. The highest BCUT2D eigenvalue weighted by Crippen LogP contribution is 2.15. The predicted octanol–water partition coefficient (Wildman–Crippen LogP) is -0.455. The molecule has 0 aliphatic rings. The smallest absolute Gasteiger partial charge is 0.317 e. The Morgan fingerprint density at radius 2 is 1.54 bits per heavy atom. The molecule has 0 aliphatic carbocycles. The first-order chi connectivity index (χ1) is 5.86. The van der Waals surface area contributed by atoms with Crippen molar-refractivity contribution in [2.75, 3.05) is 0 Å². The van der Waals surface area contributed by atoms with E-state index in [2.05, 4.69) is 12.6 Å². The third-order valence-electron chi connectivity index (χ3n) is 1.35. The van der Waals surface area contributed by atoms with Crippen LogP contribution in [-0.2, 0) is 14.4 Å². The SMILES string of the molecule is O=C(O)CC(C(=O)O)C(S)C(=O)O. The van der Waals surface area contributed by atoms with Gasteiger partial charge in [-0.05, 0) is 0 Å². The molecule has 13 heavy (non-hydrogen) atoms. The molecule has 0 aromatic rings. The summed E-state index contributed by atoms with van der Waals surface area (Å²) in [7, 11) is 0. The van der Waals surface area contributed by atoms with Gasteiger partial charge in [0.2, 0.25) is 0 Å². The number of carboxylic acid groups (broad SMARTS) is 3. The average Bonchev–Trinajstić information content (AvgIpc) is 1.97. The Hall–Kier alpha value is -1.24. The standard InChI is InChI=1S/C6H8O6S/c7-3(8)1-2(5(9)10)4(13)6(11)12/h2,4,13H,1H2,(H,7,8)(H,9,10)(H,11,12). The Balaban J connectivity index is 4.51. The van der Waals surface area contributed by atoms with Gasteiger partial charge in [0.15, 0.2) is 0 Å². The fourth-order valence-corrected chi connectivity index (χ4v) is 0.927. The predicted molar refractivity (Wildman–Crippen MR) is 43.8 cm³/mol. The molecule has 0 spiro atoms. The maximum absolute atomic E-state index is 10.4. The molecule has 0 rings (SSSR count). The van der Waals surface area contributed by atoms with Gasteiger partial charge >= 0.3 is 17.9 Å². The van der Waals surface area contributed by atoms with Crippen LogP contribution in [0.25, 0.3) is 0 Å². The van der Waals surface area contributed by atoms with E-state index in [-0.39, 0.29) is 0 Å². The lowest BCUT2D eigenvalue weighted by molar-refractivity contribution is -0.151. The monoisotopic (exact) mass is 208 g/mol. The van der Waals surface area contributed by atoms with Crippen molar-refractivity contribution >= 4 is 30.5 Å². The first-order valence-electron chi connectivity index (χ1n) is 3.21. The summed E-state index contributed by atoms with van der Waals surface area (Å²) in [5, 5.41) is 23.6. The van der Waals surface area contributed by atoms with Gasteiger partial charge in [-0.15, -0.1) is 0 Å². The summed E-state index contributed by atoms with van der Waals surface area (Å²) in [5.41, 5.74) is 0. The van der Waals surface area contributed by atoms with Gasteiger partial charge in [-0.3, -0.25) is 14.4 Å². The molecule has 0 fully saturated rings. The third-order valence-corrected chi connectivity index (χ3v) is 1.93. The number of carbonyl (C=O) groups is 3. The van der Waals surface area contributed by atoms with E-state index in [9.17, 15) is 14.4 Å². The molecule has 2 unspecified atom stereocenters. The molecular weight excluding hydrogens is 200 g/mol. The minimum Gasteiger partial charge on any atom is -0.481 e. The second-order valence-electron chi connectivity index (χ2n) is 2.33. The van der Waals surface area contributed by atoms with Crippen molar-refractivity contribution in [3.63, 3.8) is 0 Å². The molecule has 0 bridgehead atoms. The lowest BCUT2D eigenvalue weighted by Gasteiger charge is -2.12. The van der Waals surface area contributed by atoms with Gasteiger partial charge in [-0.1, -0.05) is 0 Å². The van der Waals surface area contributed by atoms with Crippen molar-refractivity contribution in [1.82, 2.24) is 0 Å². The summed E-state index contributed by atoms with van der Waals surface area (Å²) >= 11 is 3.49. The van der Waals surface area contributed by atoms with Crippen molar-refractivity contribution in [3.8, 4) is 0 Å². The summed E-state index contributed by atoms with van der Waals surface area (Å²) in [6.45, 7) is 0. The van der Waals surface area contributed by atoms with Crippen LogP contribution in [-0.4, -0.2) is 38.5 Å². The lowest BCUT2D eigenvalue weighted by atomic mass is 10.0. The number of aliphatic carboxylic acids is 3. The second-order valence-corrected chi connectivity index (χ2v) is 2.88. The Morgan fingerprint density at radius 3 is 1.77 bits per heavy atom. The molecule has 0 saturated carbocycles. The van der Waals surface area contributed by atoms with Crippen molar-refractivity contribution in [1.29, 1.82) is 0 Å². The molecule has 6 nitrogen and oxygen atoms in total. The summed E-state index contributed by atoms with van der Waals surface area (Å²) in [6, 6.07) is 0. The average molecular weight is 208 g/mol. The quantitative estimate of drug-likeness (QED) is 0.455. The third kappa shape index (κ3) is 3.79. The fourth-order valence-electron chi connectivity index (χ4n) is 0.694. The molecule has 0 amide bonds. The number of rotatable bonds is 5. The van der Waals surface area contributed by atoms with Gasteiger partial charge in [0.05, 0.1) is 12.3 Å². The van der Waals surface area contributed by atoms with Crippen LogP contribution < -0.4 is 0 Å². The van der Waals surface area contributed by atoms with Crippen LogP contribution in [0.3, 0.4) is 0 Å². The minimum atomic E-state index is -1.52. The van der Waals surface area contributed by atoms with E-state index in [0.717, 1.165) is 0 Å². The second kappa shape index (κ2) is 4.70. The largest absolute Gasteiger partial charge is 0.481 e. The number of carboxylic acids is 3. The van der Waals surface area contributed by atoms with Crippen LogP contribution in [0.1, 0.15) is 6.42 Å². The highest BCUT2D eigenvalue weighted by atomic mass is 32.1. The zero-order valence-corrected chi connectivity index (χ0v) is 7.27. The Bertz CT molecular complexity index is 237. The number of hydrogen-bond acceptors (Lipinski definition) is 4. The van der Waals surface area contributed by atoms with Crippen molar-refractivity contribution in [2.45, 2.75) is 11.7 Å². The van der Waals surface area contributed by atoms with E-state index < -0.39 is 35.5 Å². The molecule has 74 valence electrons. The lowest BCUT2D eigenvalue weighted by Crippen LogP contribution is -2.32. The van der Waals surface area contributed by atoms with Crippen molar-refractivity contribution < 1.29 is 29.7 Å². The molecule has 7 heteroatoms. The topological polar surface area (TPSA) is 112 Å². The summed E-state index contributed by atoms with van der Waals surface area (Å²) in [4.78, 5) is 30.9. The molecular formula is C6H8O6S. The van der Waals surface area contributed by atoms with Crippen molar-refractivity contribution in [3.05, 3.63) is 0 Å². The summed E-state index contributed by atoms with van der Waals surface area (Å²) < 4.78 is 0. The Morgan fingerprint density at radius 1 is 1.08 bits per heavy atom. The van der Waals surface area contributed by atoms with Gasteiger partial charge in [-0.2, -0.15) is 12.6 Å². The maximum atomic E-state index is 10.4. The zero-order valence-electron chi connectivity index (χ0n) is 6.38. The maximum Gasteiger partial charge on any atom is 0.317 e. The van der Waals surface area contributed by atoms with E-state index in [0.29, 0.717) is 0 Å². The molecule has 0 heterocycles. The van der Waals surface area contributed by atoms with Crippen molar-refractivity contribution in [2.24, 2.45) is 5.92 Å². The first kappa shape index (κ1) is 11.8. The summed E-state index contributed by atoms with van der Waals surface area (Å²) in [5.74, 6) is -5.81. The van der Waals surface area contributed by atoms with Gasteiger partial charge in [0, 0.05) is 0 Å². The molecule has 0 aromatic carbocycles.